The van der Waals surface area contributed by atoms with Crippen LogP contribution in [-0.2, 0) is 4.74 Å². The highest BCUT2D eigenvalue weighted by Gasteiger charge is 2.19. The summed E-state index contributed by atoms with van der Waals surface area (Å²) in [5.41, 5.74) is 0. The molecule has 2 N–H and O–H groups in total. The molecule has 0 aromatic carbocycles. The van der Waals surface area contributed by atoms with Crippen LogP contribution in [-0.4, -0.2) is 35.6 Å². The molecule has 33 heavy (non-hydrogen) atoms. The fourth-order valence-corrected chi connectivity index (χ4v) is 5.02. The van der Waals surface area contributed by atoms with Gasteiger partial charge in [0.2, 0.25) is 0 Å². The van der Waals surface area contributed by atoms with Gasteiger partial charge in [-0.2, -0.15) is 0 Å². The highest BCUT2D eigenvalue weighted by atomic mass is 16.5. The van der Waals surface area contributed by atoms with Gasteiger partial charge in [-0.05, 0) is 50.4 Å². The third-order valence-corrected chi connectivity index (χ3v) is 7.55. The minimum atomic E-state index is -0.194. The Morgan fingerprint density at radius 3 is 1.12 bits per heavy atom. The average molecular weight is 471 g/mol. The Hall–Kier alpha value is -0.120. The fourth-order valence-electron chi connectivity index (χ4n) is 5.02. The normalized spacial score (nSPS) is 15.5. The Labute approximate surface area is 208 Å². The summed E-state index contributed by atoms with van der Waals surface area (Å²) >= 11 is 0. The maximum atomic E-state index is 10.4. The van der Waals surface area contributed by atoms with Crippen LogP contribution in [0.2, 0.25) is 0 Å². The lowest BCUT2D eigenvalue weighted by atomic mass is 9.90. The average Bonchev–Trinajstić information content (AvgIpc) is 2.83. The second kappa shape index (κ2) is 25.0. The quantitative estimate of drug-likeness (QED) is 0.124. The standard InChI is InChI=1S/C30H62O3/c1-5-9-11-13-15-17-19-21-27(29(31)7-3)23-25-33-26-24-28(30(32)8-4)22-20-18-16-14-12-10-6-2/h27-32H,5-26H2,1-4H3. The predicted molar refractivity (Wildman–Crippen MR) is 145 cm³/mol. The maximum Gasteiger partial charge on any atom is 0.0566 e. The van der Waals surface area contributed by atoms with Gasteiger partial charge in [0.05, 0.1) is 12.2 Å². The molecule has 0 aliphatic rings. The molecule has 200 valence electrons. The lowest BCUT2D eigenvalue weighted by molar-refractivity contribution is 0.0383. The van der Waals surface area contributed by atoms with Crippen LogP contribution in [0.1, 0.15) is 156 Å². The maximum absolute atomic E-state index is 10.4. The molecule has 4 unspecified atom stereocenters. The molecule has 0 aliphatic heterocycles. The Kier molecular flexibility index (Phi) is 24.9. The molecular weight excluding hydrogens is 408 g/mol. The van der Waals surface area contributed by atoms with Crippen molar-refractivity contribution in [1.29, 1.82) is 0 Å². The summed E-state index contributed by atoms with van der Waals surface area (Å²) in [6, 6.07) is 0. The Morgan fingerprint density at radius 1 is 0.455 bits per heavy atom. The van der Waals surface area contributed by atoms with E-state index in [0.29, 0.717) is 11.8 Å². The Morgan fingerprint density at radius 2 is 0.788 bits per heavy atom. The highest BCUT2D eigenvalue weighted by molar-refractivity contribution is 4.70. The van der Waals surface area contributed by atoms with Crippen molar-refractivity contribution in [3.05, 3.63) is 0 Å². The first kappa shape index (κ1) is 32.9. The van der Waals surface area contributed by atoms with Gasteiger partial charge in [-0.25, -0.2) is 0 Å². The van der Waals surface area contributed by atoms with Crippen molar-refractivity contribution in [3.63, 3.8) is 0 Å². The van der Waals surface area contributed by atoms with Gasteiger partial charge in [0, 0.05) is 13.2 Å². The topological polar surface area (TPSA) is 49.7 Å². The molecule has 0 saturated carbocycles. The second-order valence-corrected chi connectivity index (χ2v) is 10.5. The molecule has 0 aromatic rings. The monoisotopic (exact) mass is 470 g/mol. The van der Waals surface area contributed by atoms with Crippen LogP contribution in [0.25, 0.3) is 0 Å². The smallest absolute Gasteiger partial charge is 0.0566 e. The lowest BCUT2D eigenvalue weighted by Gasteiger charge is -2.24. The van der Waals surface area contributed by atoms with E-state index in [1.54, 1.807) is 0 Å². The molecule has 3 heteroatoms. The molecule has 0 saturated heterocycles. The number of aliphatic hydroxyl groups excluding tert-OH is 2. The van der Waals surface area contributed by atoms with Gasteiger partial charge in [-0.3, -0.25) is 0 Å². The number of ether oxygens (including phenoxy) is 1. The van der Waals surface area contributed by atoms with E-state index >= 15 is 0 Å². The van der Waals surface area contributed by atoms with Crippen LogP contribution in [0.3, 0.4) is 0 Å². The predicted octanol–water partition coefficient (Wildman–Crippen LogP) is 8.84. The van der Waals surface area contributed by atoms with Gasteiger partial charge in [0.1, 0.15) is 0 Å². The number of rotatable bonds is 26. The fraction of sp³-hybridized carbons (Fsp3) is 1.00. The van der Waals surface area contributed by atoms with Crippen LogP contribution in [0, 0.1) is 11.8 Å². The van der Waals surface area contributed by atoms with E-state index in [1.807, 2.05) is 0 Å². The van der Waals surface area contributed by atoms with Crippen molar-refractivity contribution in [1.82, 2.24) is 0 Å². The zero-order chi connectivity index (χ0) is 24.6. The molecule has 0 fully saturated rings. The van der Waals surface area contributed by atoms with Gasteiger partial charge >= 0.3 is 0 Å². The van der Waals surface area contributed by atoms with Gasteiger partial charge in [0.25, 0.3) is 0 Å². The molecule has 0 aromatic heterocycles. The largest absolute Gasteiger partial charge is 0.393 e. The van der Waals surface area contributed by atoms with Crippen molar-refractivity contribution in [2.75, 3.05) is 13.2 Å². The molecule has 0 bridgehead atoms. The van der Waals surface area contributed by atoms with E-state index < -0.39 is 0 Å². The van der Waals surface area contributed by atoms with Gasteiger partial charge in [0.15, 0.2) is 0 Å². The van der Waals surface area contributed by atoms with Crippen LogP contribution in [0.4, 0.5) is 0 Å². The number of unbranched alkanes of at least 4 members (excludes halogenated alkanes) is 12. The third kappa shape index (κ3) is 19.8. The molecule has 0 radical (unpaired) electrons. The number of aliphatic hydroxyl groups is 2. The molecule has 0 amide bonds. The van der Waals surface area contributed by atoms with Crippen molar-refractivity contribution >= 4 is 0 Å². The molecular formula is C30H62O3. The van der Waals surface area contributed by atoms with Crippen molar-refractivity contribution in [2.45, 2.75) is 168 Å². The van der Waals surface area contributed by atoms with Crippen molar-refractivity contribution < 1.29 is 14.9 Å². The SMILES string of the molecule is CCCCCCCCCC(CCOCCC(CCCCCCCCC)C(O)CC)C(O)CC. The Balaban J connectivity index is 4.05. The van der Waals surface area contributed by atoms with E-state index in [0.717, 1.165) is 51.7 Å². The summed E-state index contributed by atoms with van der Waals surface area (Å²) in [6.45, 7) is 10.2. The minimum absolute atomic E-state index is 0.194. The first-order valence-corrected chi connectivity index (χ1v) is 15.0. The Bertz CT molecular complexity index is 340. The molecule has 0 aliphatic carbocycles. The van der Waals surface area contributed by atoms with E-state index in [1.165, 1.54) is 89.9 Å². The highest BCUT2D eigenvalue weighted by Crippen LogP contribution is 2.23. The summed E-state index contributed by atoms with van der Waals surface area (Å²) in [4.78, 5) is 0. The minimum Gasteiger partial charge on any atom is -0.393 e. The van der Waals surface area contributed by atoms with Crippen LogP contribution >= 0.6 is 0 Å². The summed E-state index contributed by atoms with van der Waals surface area (Å²) in [7, 11) is 0. The van der Waals surface area contributed by atoms with E-state index in [4.69, 9.17) is 4.74 Å². The first-order valence-electron chi connectivity index (χ1n) is 15.0. The van der Waals surface area contributed by atoms with E-state index in [-0.39, 0.29) is 12.2 Å². The molecule has 4 atom stereocenters. The molecule has 0 spiro atoms. The molecule has 0 heterocycles. The summed E-state index contributed by atoms with van der Waals surface area (Å²) < 4.78 is 6.01. The van der Waals surface area contributed by atoms with E-state index in [9.17, 15) is 10.2 Å². The van der Waals surface area contributed by atoms with Gasteiger partial charge in [-0.1, -0.05) is 118 Å². The third-order valence-electron chi connectivity index (χ3n) is 7.55. The summed E-state index contributed by atoms with van der Waals surface area (Å²) in [6.07, 6.45) is 24.0. The summed E-state index contributed by atoms with van der Waals surface area (Å²) in [5.74, 6) is 0.741. The molecule has 3 nitrogen and oxygen atoms in total. The molecule has 0 rings (SSSR count). The van der Waals surface area contributed by atoms with Gasteiger partial charge < -0.3 is 14.9 Å². The zero-order valence-corrected chi connectivity index (χ0v) is 23.2. The van der Waals surface area contributed by atoms with E-state index in [2.05, 4.69) is 27.7 Å². The number of hydrogen-bond acceptors (Lipinski definition) is 3. The van der Waals surface area contributed by atoms with Gasteiger partial charge in [-0.15, -0.1) is 0 Å². The van der Waals surface area contributed by atoms with Crippen molar-refractivity contribution in [2.24, 2.45) is 11.8 Å². The van der Waals surface area contributed by atoms with Crippen LogP contribution < -0.4 is 0 Å². The first-order chi connectivity index (χ1) is 16.1. The van der Waals surface area contributed by atoms with Crippen molar-refractivity contribution in [3.8, 4) is 0 Å². The van der Waals surface area contributed by atoms with Crippen LogP contribution in [0.5, 0.6) is 0 Å². The number of hydrogen-bond donors (Lipinski definition) is 2. The lowest BCUT2D eigenvalue weighted by Crippen LogP contribution is -2.23. The summed E-state index contributed by atoms with van der Waals surface area (Å²) in [5, 5.41) is 20.9. The second-order valence-electron chi connectivity index (χ2n) is 10.5. The van der Waals surface area contributed by atoms with Crippen LogP contribution in [0.15, 0.2) is 0 Å². The zero-order valence-electron chi connectivity index (χ0n) is 23.2.